The van der Waals surface area contributed by atoms with E-state index in [0.29, 0.717) is 11.7 Å². The van der Waals surface area contributed by atoms with Crippen molar-refractivity contribution in [2.45, 2.75) is 39.5 Å². The Morgan fingerprint density at radius 3 is 2.54 bits per heavy atom. The van der Waals surface area contributed by atoms with Crippen LogP contribution >= 0.6 is 0 Å². The quantitative estimate of drug-likeness (QED) is 0.594. The lowest BCUT2D eigenvalue weighted by atomic mass is 9.76. The number of Topliss-reactive ketones (excluding diaryl/α,β-unsaturated/α-hetero) is 1. The van der Waals surface area contributed by atoms with Crippen LogP contribution in [0.1, 0.15) is 39.5 Å². The van der Waals surface area contributed by atoms with Crippen molar-refractivity contribution >= 4 is 5.78 Å². The Bertz CT molecular complexity index is 266. The lowest BCUT2D eigenvalue weighted by Crippen LogP contribution is -2.28. The zero-order valence-corrected chi connectivity index (χ0v) is 8.60. The molecule has 2 aliphatic carbocycles. The summed E-state index contributed by atoms with van der Waals surface area (Å²) < 4.78 is 0. The van der Waals surface area contributed by atoms with Gasteiger partial charge >= 0.3 is 0 Å². The van der Waals surface area contributed by atoms with E-state index in [0.717, 1.165) is 25.2 Å². The van der Waals surface area contributed by atoms with Crippen LogP contribution in [0.25, 0.3) is 0 Å². The maximum Gasteiger partial charge on any atom is 0.136 e. The highest BCUT2D eigenvalue weighted by Crippen LogP contribution is 2.59. The van der Waals surface area contributed by atoms with Crippen LogP contribution in [0.15, 0.2) is 12.2 Å². The van der Waals surface area contributed by atoms with Crippen LogP contribution in [0, 0.1) is 17.3 Å². The van der Waals surface area contributed by atoms with Crippen molar-refractivity contribution in [3.05, 3.63) is 12.2 Å². The van der Waals surface area contributed by atoms with E-state index in [9.17, 15) is 4.79 Å². The van der Waals surface area contributed by atoms with Gasteiger partial charge in [-0.05, 0) is 44.4 Å². The molecule has 0 N–H and O–H groups in total. The zero-order valence-electron chi connectivity index (χ0n) is 8.60. The zero-order chi connectivity index (χ0) is 9.64. The monoisotopic (exact) mass is 178 g/mol. The molecular weight excluding hydrogens is 160 g/mol. The van der Waals surface area contributed by atoms with Gasteiger partial charge in [0, 0.05) is 5.41 Å². The van der Waals surface area contributed by atoms with Crippen molar-refractivity contribution in [3.63, 3.8) is 0 Å². The van der Waals surface area contributed by atoms with Crippen molar-refractivity contribution in [2.24, 2.45) is 17.3 Å². The summed E-state index contributed by atoms with van der Waals surface area (Å²) in [6, 6.07) is 0. The van der Waals surface area contributed by atoms with Crippen LogP contribution in [0.3, 0.4) is 0 Å². The second-order valence-corrected chi connectivity index (χ2v) is 4.96. The molecule has 1 nitrogen and oxygen atoms in total. The molecule has 3 atom stereocenters. The van der Waals surface area contributed by atoms with Gasteiger partial charge in [-0.15, -0.1) is 0 Å². The van der Waals surface area contributed by atoms with Gasteiger partial charge in [-0.1, -0.05) is 19.1 Å². The van der Waals surface area contributed by atoms with Crippen LogP contribution in [-0.2, 0) is 4.79 Å². The molecule has 2 aliphatic rings. The summed E-state index contributed by atoms with van der Waals surface area (Å²) >= 11 is 0. The summed E-state index contributed by atoms with van der Waals surface area (Å²) in [5.74, 6) is 1.85. The first-order valence-electron chi connectivity index (χ1n) is 5.24. The molecule has 0 amide bonds. The van der Waals surface area contributed by atoms with Crippen LogP contribution < -0.4 is 0 Å². The maximum absolute atomic E-state index is 11.7. The molecule has 0 aromatic heterocycles. The van der Waals surface area contributed by atoms with E-state index in [1.807, 2.05) is 0 Å². The van der Waals surface area contributed by atoms with Crippen LogP contribution in [0.4, 0.5) is 0 Å². The van der Waals surface area contributed by atoms with Crippen molar-refractivity contribution in [3.8, 4) is 0 Å². The third-order valence-corrected chi connectivity index (χ3v) is 4.01. The fraction of sp³-hybridized carbons (Fsp3) is 0.750. The highest BCUT2D eigenvalue weighted by molar-refractivity contribution is 5.84. The molecular formula is C12H18O. The number of hydrogen-bond donors (Lipinski definition) is 0. The van der Waals surface area contributed by atoms with Gasteiger partial charge in [-0.3, -0.25) is 4.79 Å². The number of hydrogen-bond acceptors (Lipinski definition) is 1. The molecule has 0 aromatic carbocycles. The number of carbonyl (C=O) groups excluding carboxylic acids is 1. The molecule has 0 saturated heterocycles. The summed E-state index contributed by atoms with van der Waals surface area (Å²) in [5, 5.41) is 0. The predicted octanol–water partition coefficient (Wildman–Crippen LogP) is 2.96. The summed E-state index contributed by atoms with van der Waals surface area (Å²) in [4.78, 5) is 11.7. The van der Waals surface area contributed by atoms with Crippen LogP contribution in [0.5, 0.6) is 0 Å². The van der Waals surface area contributed by atoms with Gasteiger partial charge in [0.1, 0.15) is 5.78 Å². The minimum Gasteiger partial charge on any atom is -0.299 e. The second kappa shape index (κ2) is 2.70. The normalized spacial score (nSPS) is 43.7. The molecule has 2 saturated carbocycles. The lowest BCUT2D eigenvalue weighted by molar-refractivity contribution is -0.127. The number of rotatable bonds is 2. The van der Waals surface area contributed by atoms with Crippen LogP contribution in [0.2, 0.25) is 0 Å². The van der Waals surface area contributed by atoms with Crippen LogP contribution in [-0.4, -0.2) is 5.78 Å². The Kier molecular flexibility index (Phi) is 1.86. The SMILES string of the molecule is C=C1CCC(C(C)=O)(C2CC2C)C1. The predicted molar refractivity (Wildman–Crippen MR) is 53.4 cm³/mol. The van der Waals surface area contributed by atoms with Crippen molar-refractivity contribution < 1.29 is 4.79 Å². The largest absolute Gasteiger partial charge is 0.299 e. The third kappa shape index (κ3) is 1.25. The molecule has 2 rings (SSSR count). The molecule has 3 unspecified atom stereocenters. The molecule has 0 aromatic rings. The highest BCUT2D eigenvalue weighted by Gasteiger charge is 2.54. The second-order valence-electron chi connectivity index (χ2n) is 4.96. The molecule has 0 bridgehead atoms. The smallest absolute Gasteiger partial charge is 0.136 e. The number of ketones is 1. The van der Waals surface area contributed by atoms with E-state index >= 15 is 0 Å². The Labute approximate surface area is 80.2 Å². The fourth-order valence-corrected chi connectivity index (χ4v) is 2.99. The lowest BCUT2D eigenvalue weighted by Gasteiger charge is -2.25. The molecule has 1 heteroatoms. The maximum atomic E-state index is 11.7. The molecule has 0 aliphatic heterocycles. The van der Waals surface area contributed by atoms with Gasteiger partial charge in [-0.25, -0.2) is 0 Å². The molecule has 72 valence electrons. The Hall–Kier alpha value is -0.590. The van der Waals surface area contributed by atoms with Gasteiger partial charge in [-0.2, -0.15) is 0 Å². The Morgan fingerprint density at radius 2 is 2.23 bits per heavy atom. The molecule has 0 spiro atoms. The van der Waals surface area contributed by atoms with E-state index in [-0.39, 0.29) is 5.41 Å². The van der Waals surface area contributed by atoms with E-state index in [2.05, 4.69) is 13.5 Å². The van der Waals surface area contributed by atoms with E-state index in [1.165, 1.54) is 12.0 Å². The fourth-order valence-electron chi connectivity index (χ4n) is 2.99. The third-order valence-electron chi connectivity index (χ3n) is 4.01. The summed E-state index contributed by atoms with van der Waals surface area (Å²) in [6.07, 6.45) is 4.36. The summed E-state index contributed by atoms with van der Waals surface area (Å²) in [7, 11) is 0. The standard InChI is InChI=1S/C12H18O/c1-8-4-5-12(7-8,10(3)13)11-6-9(11)2/h9,11H,1,4-7H2,2-3H3. The average Bonchev–Trinajstić information content (AvgIpc) is 2.62. The number of carbonyl (C=O) groups is 1. The Morgan fingerprint density at radius 1 is 1.62 bits per heavy atom. The highest BCUT2D eigenvalue weighted by atomic mass is 16.1. The topological polar surface area (TPSA) is 17.1 Å². The summed E-state index contributed by atoms with van der Waals surface area (Å²) in [5.41, 5.74) is 1.30. The van der Waals surface area contributed by atoms with Gasteiger partial charge < -0.3 is 0 Å². The van der Waals surface area contributed by atoms with Crippen molar-refractivity contribution in [1.29, 1.82) is 0 Å². The number of allylic oxidation sites excluding steroid dienone is 1. The van der Waals surface area contributed by atoms with Crippen molar-refractivity contribution in [1.82, 2.24) is 0 Å². The molecule has 13 heavy (non-hydrogen) atoms. The summed E-state index contributed by atoms with van der Waals surface area (Å²) in [6.45, 7) is 8.04. The minimum atomic E-state index is 0.0104. The first-order chi connectivity index (χ1) is 6.06. The van der Waals surface area contributed by atoms with E-state index in [1.54, 1.807) is 6.92 Å². The van der Waals surface area contributed by atoms with Gasteiger partial charge in [0.05, 0.1) is 0 Å². The van der Waals surface area contributed by atoms with E-state index in [4.69, 9.17) is 0 Å². The average molecular weight is 178 g/mol. The first-order valence-corrected chi connectivity index (χ1v) is 5.24. The van der Waals surface area contributed by atoms with Gasteiger partial charge in [0.2, 0.25) is 0 Å². The van der Waals surface area contributed by atoms with Gasteiger partial charge in [0.15, 0.2) is 0 Å². The van der Waals surface area contributed by atoms with E-state index < -0.39 is 0 Å². The first kappa shape index (κ1) is 8.98. The minimum absolute atomic E-state index is 0.0104. The Balaban J connectivity index is 2.22. The van der Waals surface area contributed by atoms with Gasteiger partial charge in [0.25, 0.3) is 0 Å². The van der Waals surface area contributed by atoms with Crippen molar-refractivity contribution in [2.75, 3.05) is 0 Å². The molecule has 0 heterocycles. The molecule has 0 radical (unpaired) electrons. The molecule has 2 fully saturated rings.